The second-order valence-electron chi connectivity index (χ2n) is 4.51. The van der Waals surface area contributed by atoms with Crippen molar-refractivity contribution in [2.75, 3.05) is 0 Å². The van der Waals surface area contributed by atoms with Crippen LogP contribution in [-0.2, 0) is 6.54 Å². The van der Waals surface area contributed by atoms with Gasteiger partial charge in [0.05, 0.1) is 5.69 Å². The Hall–Kier alpha value is -1.95. The number of ether oxygens (including phenoxy) is 1. The fourth-order valence-electron chi connectivity index (χ4n) is 1.59. The zero-order valence-electron chi connectivity index (χ0n) is 10.2. The molecule has 0 saturated heterocycles. The third kappa shape index (κ3) is 2.84. The maximum atomic E-state index is 5.46. The molecule has 6 nitrogen and oxygen atoms in total. The Kier molecular flexibility index (Phi) is 2.93. The second kappa shape index (κ2) is 4.73. The maximum absolute atomic E-state index is 5.46. The van der Waals surface area contributed by atoms with E-state index in [0.29, 0.717) is 17.8 Å². The summed E-state index contributed by atoms with van der Waals surface area (Å²) < 4.78 is 5.46. The van der Waals surface area contributed by atoms with Crippen LogP contribution in [0.15, 0.2) is 18.2 Å². The molecule has 0 amide bonds. The molecule has 1 aliphatic rings. The standard InChI is InChI=1S/C12H15N5O/c1-8-6-12(17-14-8)18-11-5-4-10(15-16-11)7-13-9-2-3-9/h4-6,9,13H,2-3,7H2,1H3,(H,14,17). The van der Waals surface area contributed by atoms with Gasteiger partial charge in [0.1, 0.15) is 0 Å². The molecule has 2 heterocycles. The maximum Gasteiger partial charge on any atom is 0.240 e. The monoisotopic (exact) mass is 245 g/mol. The number of aromatic nitrogens is 4. The fraction of sp³-hybridized carbons (Fsp3) is 0.417. The summed E-state index contributed by atoms with van der Waals surface area (Å²) in [6.45, 7) is 2.68. The molecule has 1 aliphatic carbocycles. The van der Waals surface area contributed by atoms with Crippen molar-refractivity contribution >= 4 is 0 Å². The number of rotatable bonds is 5. The summed E-state index contributed by atoms with van der Waals surface area (Å²) in [6, 6.07) is 6.21. The third-order valence-corrected chi connectivity index (χ3v) is 2.74. The van der Waals surface area contributed by atoms with E-state index in [2.05, 4.69) is 25.7 Å². The van der Waals surface area contributed by atoms with Gasteiger partial charge in [-0.15, -0.1) is 10.2 Å². The van der Waals surface area contributed by atoms with Crippen LogP contribution in [0.1, 0.15) is 24.2 Å². The molecule has 0 aliphatic heterocycles. The molecule has 2 N–H and O–H groups in total. The fourth-order valence-corrected chi connectivity index (χ4v) is 1.59. The normalized spacial score (nSPS) is 14.7. The number of nitrogens with zero attached hydrogens (tertiary/aromatic N) is 3. The molecule has 18 heavy (non-hydrogen) atoms. The van der Waals surface area contributed by atoms with Gasteiger partial charge in [0.2, 0.25) is 11.8 Å². The summed E-state index contributed by atoms with van der Waals surface area (Å²) in [7, 11) is 0. The van der Waals surface area contributed by atoms with Crippen molar-refractivity contribution in [3.05, 3.63) is 29.6 Å². The molecular formula is C12H15N5O. The minimum atomic E-state index is 0.455. The number of hydrogen-bond acceptors (Lipinski definition) is 5. The number of nitrogens with one attached hydrogen (secondary N) is 2. The van der Waals surface area contributed by atoms with E-state index in [4.69, 9.17) is 4.74 Å². The Morgan fingerprint density at radius 1 is 1.33 bits per heavy atom. The van der Waals surface area contributed by atoms with Crippen molar-refractivity contribution in [3.8, 4) is 11.8 Å². The molecule has 2 aromatic heterocycles. The number of aryl methyl sites for hydroxylation is 1. The first-order valence-electron chi connectivity index (χ1n) is 6.05. The Bertz CT molecular complexity index is 518. The molecule has 1 fully saturated rings. The highest BCUT2D eigenvalue weighted by Crippen LogP contribution is 2.19. The van der Waals surface area contributed by atoms with E-state index in [1.165, 1.54) is 12.8 Å². The predicted molar refractivity (Wildman–Crippen MR) is 65.3 cm³/mol. The van der Waals surface area contributed by atoms with E-state index in [0.717, 1.165) is 17.9 Å². The minimum absolute atomic E-state index is 0.455. The lowest BCUT2D eigenvalue weighted by molar-refractivity contribution is 0.435. The van der Waals surface area contributed by atoms with Gasteiger partial charge in [-0.2, -0.15) is 5.10 Å². The number of hydrogen-bond donors (Lipinski definition) is 2. The van der Waals surface area contributed by atoms with Crippen LogP contribution >= 0.6 is 0 Å². The Balaban J connectivity index is 1.59. The van der Waals surface area contributed by atoms with E-state index >= 15 is 0 Å². The van der Waals surface area contributed by atoms with Crippen LogP contribution < -0.4 is 10.1 Å². The molecule has 94 valence electrons. The van der Waals surface area contributed by atoms with Crippen LogP contribution in [0.3, 0.4) is 0 Å². The van der Waals surface area contributed by atoms with E-state index in [1.807, 2.05) is 19.1 Å². The lowest BCUT2D eigenvalue weighted by Gasteiger charge is -2.03. The van der Waals surface area contributed by atoms with Crippen molar-refractivity contribution in [2.24, 2.45) is 0 Å². The number of aromatic amines is 1. The first-order valence-corrected chi connectivity index (χ1v) is 6.05. The van der Waals surface area contributed by atoms with Crippen LogP contribution in [-0.4, -0.2) is 26.4 Å². The van der Waals surface area contributed by atoms with Gasteiger partial charge in [0.15, 0.2) is 0 Å². The molecule has 3 rings (SSSR count). The topological polar surface area (TPSA) is 75.7 Å². The number of H-pyrrole nitrogens is 1. The largest absolute Gasteiger partial charge is 0.417 e. The van der Waals surface area contributed by atoms with Gasteiger partial charge < -0.3 is 10.1 Å². The zero-order valence-corrected chi connectivity index (χ0v) is 10.2. The summed E-state index contributed by atoms with van der Waals surface area (Å²) in [5.41, 5.74) is 1.87. The zero-order chi connectivity index (χ0) is 12.4. The smallest absolute Gasteiger partial charge is 0.240 e. The summed E-state index contributed by atoms with van der Waals surface area (Å²) in [4.78, 5) is 0. The van der Waals surface area contributed by atoms with Crippen LogP contribution in [0, 0.1) is 6.92 Å². The summed E-state index contributed by atoms with van der Waals surface area (Å²) >= 11 is 0. The molecule has 2 aromatic rings. The summed E-state index contributed by atoms with van der Waals surface area (Å²) in [5, 5.41) is 18.3. The predicted octanol–water partition coefficient (Wildman–Crippen LogP) is 1.55. The van der Waals surface area contributed by atoms with Gasteiger partial charge in [-0.25, -0.2) is 0 Å². The summed E-state index contributed by atoms with van der Waals surface area (Å²) in [5.74, 6) is 0.960. The Morgan fingerprint density at radius 2 is 2.22 bits per heavy atom. The molecule has 6 heteroatoms. The highest BCUT2D eigenvalue weighted by molar-refractivity contribution is 5.20. The Morgan fingerprint density at radius 3 is 2.83 bits per heavy atom. The SMILES string of the molecule is Cc1cc(Oc2ccc(CNC3CC3)nn2)n[nH]1. The van der Waals surface area contributed by atoms with E-state index in [9.17, 15) is 0 Å². The molecule has 0 bridgehead atoms. The van der Waals surface area contributed by atoms with Gasteiger partial charge in [-0.05, 0) is 25.8 Å². The molecule has 1 saturated carbocycles. The average Bonchev–Trinajstić information content (AvgIpc) is 3.12. The van der Waals surface area contributed by atoms with E-state index < -0.39 is 0 Å². The average molecular weight is 245 g/mol. The van der Waals surface area contributed by atoms with Gasteiger partial charge in [0.25, 0.3) is 0 Å². The highest BCUT2D eigenvalue weighted by atomic mass is 16.5. The molecule has 0 aromatic carbocycles. The molecular weight excluding hydrogens is 230 g/mol. The van der Waals surface area contributed by atoms with Crippen LogP contribution in [0.4, 0.5) is 0 Å². The second-order valence-corrected chi connectivity index (χ2v) is 4.51. The van der Waals surface area contributed by atoms with Crippen LogP contribution in [0.2, 0.25) is 0 Å². The van der Waals surface area contributed by atoms with Gasteiger partial charge in [-0.1, -0.05) is 0 Å². The molecule has 0 atom stereocenters. The highest BCUT2D eigenvalue weighted by Gasteiger charge is 2.20. The van der Waals surface area contributed by atoms with Crippen molar-refractivity contribution < 1.29 is 4.74 Å². The van der Waals surface area contributed by atoms with Crippen LogP contribution in [0.5, 0.6) is 11.8 Å². The van der Waals surface area contributed by atoms with Gasteiger partial charge >= 0.3 is 0 Å². The van der Waals surface area contributed by atoms with E-state index in [-0.39, 0.29) is 0 Å². The third-order valence-electron chi connectivity index (χ3n) is 2.74. The molecule has 0 spiro atoms. The van der Waals surface area contributed by atoms with Crippen LogP contribution in [0.25, 0.3) is 0 Å². The van der Waals surface area contributed by atoms with Gasteiger partial charge in [0, 0.05) is 30.4 Å². The minimum Gasteiger partial charge on any atom is -0.417 e. The summed E-state index contributed by atoms with van der Waals surface area (Å²) in [6.07, 6.45) is 2.54. The van der Waals surface area contributed by atoms with Crippen molar-refractivity contribution in [2.45, 2.75) is 32.4 Å². The molecule has 0 unspecified atom stereocenters. The van der Waals surface area contributed by atoms with Gasteiger partial charge in [-0.3, -0.25) is 5.10 Å². The van der Waals surface area contributed by atoms with Crippen molar-refractivity contribution in [1.29, 1.82) is 0 Å². The van der Waals surface area contributed by atoms with Crippen molar-refractivity contribution in [1.82, 2.24) is 25.7 Å². The first-order chi connectivity index (χ1) is 8.79. The van der Waals surface area contributed by atoms with Crippen molar-refractivity contribution in [3.63, 3.8) is 0 Å². The first kappa shape index (κ1) is 11.2. The lowest BCUT2D eigenvalue weighted by atomic mass is 10.4. The quantitative estimate of drug-likeness (QED) is 0.836. The Labute approximate surface area is 105 Å². The lowest BCUT2D eigenvalue weighted by Crippen LogP contribution is -2.16. The molecule has 0 radical (unpaired) electrons. The van der Waals surface area contributed by atoms with E-state index in [1.54, 1.807) is 6.07 Å².